The minimum absolute atomic E-state index is 0.180. The highest BCUT2D eigenvalue weighted by Gasteiger charge is 2.44. The van der Waals surface area contributed by atoms with Crippen LogP contribution >= 0.6 is 0 Å². The number of rotatable bonds is 41. The summed E-state index contributed by atoms with van der Waals surface area (Å²) in [6, 6.07) is -0.804. The van der Waals surface area contributed by atoms with E-state index in [0.717, 1.165) is 38.5 Å². The highest BCUT2D eigenvalue weighted by molar-refractivity contribution is 5.76. The number of ether oxygens (including phenoxy) is 2. The van der Waals surface area contributed by atoms with E-state index in [1.165, 1.54) is 167 Å². The van der Waals surface area contributed by atoms with E-state index in [0.29, 0.717) is 6.42 Å². The summed E-state index contributed by atoms with van der Waals surface area (Å²) in [4.78, 5) is 13.0. The second kappa shape index (κ2) is 39.8. The van der Waals surface area contributed by atoms with E-state index >= 15 is 0 Å². The van der Waals surface area contributed by atoms with Crippen LogP contribution in [0, 0.1) is 0 Å². The van der Waals surface area contributed by atoms with Crippen LogP contribution in [0.15, 0.2) is 24.3 Å². The number of aliphatic hydroxyl groups is 5. The number of allylic oxidation sites excluding steroid dienone is 3. The Morgan fingerprint density at radius 1 is 0.569 bits per heavy atom. The lowest BCUT2D eigenvalue weighted by atomic mass is 9.99. The van der Waals surface area contributed by atoms with Crippen LogP contribution < -0.4 is 5.32 Å². The molecule has 1 heterocycles. The van der Waals surface area contributed by atoms with Crippen LogP contribution in [0.3, 0.4) is 0 Å². The predicted octanol–water partition coefficient (Wildman–Crippen LogP) is 10.7. The van der Waals surface area contributed by atoms with Gasteiger partial charge in [0, 0.05) is 6.42 Å². The second-order valence-corrected chi connectivity index (χ2v) is 17.3. The van der Waals surface area contributed by atoms with E-state index in [1.807, 2.05) is 6.08 Å². The number of unbranched alkanes of at least 4 members (excludes halogenated alkanes) is 29. The number of aliphatic hydroxyl groups excluding tert-OH is 5. The molecule has 1 aliphatic heterocycles. The first-order chi connectivity index (χ1) is 28.3. The van der Waals surface area contributed by atoms with Crippen molar-refractivity contribution >= 4 is 5.91 Å². The molecule has 342 valence electrons. The monoisotopic (exact) mass is 824 g/mol. The van der Waals surface area contributed by atoms with Gasteiger partial charge in [-0.05, 0) is 44.9 Å². The molecule has 1 rings (SSSR count). The Labute approximate surface area is 356 Å². The third-order valence-electron chi connectivity index (χ3n) is 11.8. The molecule has 1 saturated heterocycles. The molecule has 1 amide bonds. The average Bonchev–Trinajstić information content (AvgIpc) is 3.22. The number of hydrogen-bond acceptors (Lipinski definition) is 8. The first-order valence-electron chi connectivity index (χ1n) is 24.6. The van der Waals surface area contributed by atoms with Crippen LogP contribution in [-0.4, -0.2) is 87.5 Å². The molecule has 1 aliphatic rings. The Kier molecular flexibility index (Phi) is 37.5. The van der Waals surface area contributed by atoms with Gasteiger partial charge in [0.15, 0.2) is 6.29 Å². The zero-order chi connectivity index (χ0) is 42.3. The molecule has 6 N–H and O–H groups in total. The molecule has 0 radical (unpaired) electrons. The summed E-state index contributed by atoms with van der Waals surface area (Å²) >= 11 is 0. The molecule has 7 atom stereocenters. The van der Waals surface area contributed by atoms with Gasteiger partial charge in [0.1, 0.15) is 24.4 Å². The van der Waals surface area contributed by atoms with Crippen LogP contribution in [-0.2, 0) is 14.3 Å². The second-order valence-electron chi connectivity index (χ2n) is 17.3. The summed E-state index contributed by atoms with van der Waals surface area (Å²) in [5, 5.41) is 54.3. The molecule has 0 bridgehead atoms. The third kappa shape index (κ3) is 29.8. The van der Waals surface area contributed by atoms with Gasteiger partial charge in [-0.25, -0.2) is 0 Å². The SMILES string of the molecule is CCCCCCCCC/C=C\CCCCCCCCCC(=O)NC(COC1OC(CO)C(O)C(O)C1O)C(O)/C=C/CCCCCCCCCCCCCCCCC. The van der Waals surface area contributed by atoms with Crippen LogP contribution in [0.5, 0.6) is 0 Å². The van der Waals surface area contributed by atoms with Crippen molar-refractivity contribution in [2.45, 2.75) is 269 Å². The highest BCUT2D eigenvalue weighted by Crippen LogP contribution is 2.23. The van der Waals surface area contributed by atoms with Crippen molar-refractivity contribution in [1.82, 2.24) is 5.32 Å². The summed E-state index contributed by atoms with van der Waals surface area (Å²) in [6.45, 7) is 3.78. The normalized spacial score (nSPS) is 21.0. The summed E-state index contributed by atoms with van der Waals surface area (Å²) in [7, 11) is 0. The van der Waals surface area contributed by atoms with Crippen molar-refractivity contribution in [3.8, 4) is 0 Å². The standard InChI is InChI=1S/C49H93NO8/c1-3-5-7-9-11-13-15-17-19-21-23-25-27-29-31-33-35-37-39-45(53)50-42(41-57-49-48(56)47(55)46(54)44(40-51)58-49)43(52)38-36-34-32-30-28-26-24-22-20-18-16-14-12-10-8-6-4-2/h19,21,36,38,42-44,46-49,51-52,54-56H,3-18,20,22-35,37,39-41H2,1-2H3,(H,50,53)/b21-19-,38-36+. The Bertz CT molecular complexity index is 961. The summed E-state index contributed by atoms with van der Waals surface area (Å²) in [6.07, 6.45) is 40.7. The van der Waals surface area contributed by atoms with Gasteiger partial charge in [0.05, 0.1) is 25.4 Å². The predicted molar refractivity (Wildman–Crippen MR) is 240 cm³/mol. The van der Waals surface area contributed by atoms with Crippen molar-refractivity contribution < 1.29 is 39.8 Å². The number of amides is 1. The molecular weight excluding hydrogens is 731 g/mol. The van der Waals surface area contributed by atoms with Crippen LogP contribution in [0.2, 0.25) is 0 Å². The molecule has 7 unspecified atom stereocenters. The Hall–Kier alpha value is -1.33. The van der Waals surface area contributed by atoms with Gasteiger partial charge in [0.2, 0.25) is 5.91 Å². The van der Waals surface area contributed by atoms with E-state index < -0.39 is 49.5 Å². The van der Waals surface area contributed by atoms with E-state index in [4.69, 9.17) is 9.47 Å². The molecule has 0 spiro atoms. The third-order valence-corrected chi connectivity index (χ3v) is 11.8. The Morgan fingerprint density at radius 3 is 1.40 bits per heavy atom. The zero-order valence-electron chi connectivity index (χ0n) is 37.6. The largest absolute Gasteiger partial charge is 0.394 e. The van der Waals surface area contributed by atoms with Crippen LogP contribution in [0.25, 0.3) is 0 Å². The number of nitrogens with one attached hydrogen (secondary N) is 1. The first-order valence-corrected chi connectivity index (χ1v) is 24.6. The average molecular weight is 824 g/mol. The summed E-state index contributed by atoms with van der Waals surface area (Å²) < 4.78 is 11.2. The topological polar surface area (TPSA) is 149 Å². The maximum Gasteiger partial charge on any atom is 0.220 e. The fraction of sp³-hybridized carbons (Fsp3) is 0.898. The highest BCUT2D eigenvalue weighted by atomic mass is 16.7. The molecule has 58 heavy (non-hydrogen) atoms. The van der Waals surface area contributed by atoms with Crippen molar-refractivity contribution in [1.29, 1.82) is 0 Å². The van der Waals surface area contributed by atoms with Crippen LogP contribution in [0.1, 0.15) is 226 Å². The summed E-state index contributed by atoms with van der Waals surface area (Å²) in [5.74, 6) is -0.180. The molecule has 0 aromatic carbocycles. The van der Waals surface area contributed by atoms with Crippen molar-refractivity contribution in [3.05, 3.63) is 24.3 Å². The van der Waals surface area contributed by atoms with Gasteiger partial charge in [-0.3, -0.25) is 4.79 Å². The molecule has 9 heteroatoms. The van der Waals surface area contributed by atoms with Crippen molar-refractivity contribution in [2.24, 2.45) is 0 Å². The maximum absolute atomic E-state index is 13.0. The first kappa shape index (κ1) is 54.7. The lowest BCUT2D eigenvalue weighted by Crippen LogP contribution is -2.60. The molecular formula is C49H93NO8. The quantitative estimate of drug-likeness (QED) is 0.0264. The fourth-order valence-corrected chi connectivity index (χ4v) is 7.80. The molecule has 0 aromatic heterocycles. The van der Waals surface area contributed by atoms with Gasteiger partial charge in [-0.1, -0.05) is 199 Å². The lowest BCUT2D eigenvalue weighted by Gasteiger charge is -2.40. The van der Waals surface area contributed by atoms with Gasteiger partial charge in [0.25, 0.3) is 0 Å². The van der Waals surface area contributed by atoms with E-state index in [9.17, 15) is 30.3 Å². The van der Waals surface area contributed by atoms with Crippen molar-refractivity contribution in [3.63, 3.8) is 0 Å². The zero-order valence-corrected chi connectivity index (χ0v) is 37.6. The summed E-state index contributed by atoms with van der Waals surface area (Å²) in [5.41, 5.74) is 0. The fourth-order valence-electron chi connectivity index (χ4n) is 7.80. The molecule has 0 aromatic rings. The van der Waals surface area contributed by atoms with Gasteiger partial charge < -0.3 is 40.3 Å². The smallest absolute Gasteiger partial charge is 0.220 e. The molecule has 0 saturated carbocycles. The maximum atomic E-state index is 13.0. The van der Waals surface area contributed by atoms with Crippen LogP contribution in [0.4, 0.5) is 0 Å². The van der Waals surface area contributed by atoms with Crippen molar-refractivity contribution in [2.75, 3.05) is 13.2 Å². The number of hydrogen-bond donors (Lipinski definition) is 6. The molecule has 0 aliphatic carbocycles. The van der Waals surface area contributed by atoms with E-state index in [-0.39, 0.29) is 12.5 Å². The van der Waals surface area contributed by atoms with E-state index in [2.05, 4.69) is 31.3 Å². The van der Waals surface area contributed by atoms with E-state index in [1.54, 1.807) is 6.08 Å². The Morgan fingerprint density at radius 2 is 0.966 bits per heavy atom. The van der Waals surface area contributed by atoms with Gasteiger partial charge in [-0.15, -0.1) is 0 Å². The minimum atomic E-state index is -1.56. The Balaban J connectivity index is 2.33. The molecule has 1 fully saturated rings. The molecule has 9 nitrogen and oxygen atoms in total. The number of carbonyl (C=O) groups is 1. The van der Waals surface area contributed by atoms with Gasteiger partial charge in [-0.2, -0.15) is 0 Å². The number of carbonyl (C=O) groups excluding carboxylic acids is 1. The van der Waals surface area contributed by atoms with Gasteiger partial charge >= 0.3 is 0 Å². The minimum Gasteiger partial charge on any atom is -0.394 e. The lowest BCUT2D eigenvalue weighted by molar-refractivity contribution is -0.302.